The van der Waals surface area contributed by atoms with Crippen molar-refractivity contribution in [2.75, 3.05) is 24.6 Å². The van der Waals surface area contributed by atoms with Crippen molar-refractivity contribution < 1.29 is 9.90 Å². The van der Waals surface area contributed by atoms with E-state index in [4.69, 9.17) is 0 Å². The minimum Gasteiger partial charge on any atom is -0.394 e. The van der Waals surface area contributed by atoms with Crippen LogP contribution in [0.1, 0.15) is 33.1 Å². The Morgan fingerprint density at radius 2 is 2.16 bits per heavy atom. The molecular formula is C16H25N7O2. The van der Waals surface area contributed by atoms with Gasteiger partial charge in [-0.25, -0.2) is 0 Å². The van der Waals surface area contributed by atoms with Gasteiger partial charge >= 0.3 is 0 Å². The van der Waals surface area contributed by atoms with Crippen molar-refractivity contribution in [2.24, 2.45) is 11.8 Å². The Kier molecular flexibility index (Phi) is 5.42. The van der Waals surface area contributed by atoms with E-state index in [1.807, 2.05) is 19.1 Å². The van der Waals surface area contributed by atoms with Crippen molar-refractivity contribution in [1.82, 2.24) is 30.6 Å². The molecule has 25 heavy (non-hydrogen) atoms. The Balaban J connectivity index is 1.56. The van der Waals surface area contributed by atoms with Gasteiger partial charge in [0.15, 0.2) is 11.5 Å². The molecule has 1 aliphatic rings. The lowest BCUT2D eigenvalue weighted by molar-refractivity contribution is -0.127. The number of nitrogens with one attached hydrogen (secondary N) is 1. The number of aromatic nitrogens is 5. The highest BCUT2D eigenvalue weighted by molar-refractivity contribution is 5.79. The van der Waals surface area contributed by atoms with Gasteiger partial charge in [-0.1, -0.05) is 20.3 Å². The molecule has 0 radical (unpaired) electrons. The molecule has 9 heteroatoms. The zero-order valence-electron chi connectivity index (χ0n) is 14.7. The molecule has 0 aliphatic carbocycles. The molecule has 1 aliphatic heterocycles. The van der Waals surface area contributed by atoms with E-state index < -0.39 is 0 Å². The number of nitrogens with zero attached hydrogens (tertiary/aromatic N) is 6. The van der Waals surface area contributed by atoms with Crippen LogP contribution in [0.4, 0.5) is 5.82 Å². The van der Waals surface area contributed by atoms with Crippen molar-refractivity contribution >= 4 is 17.4 Å². The van der Waals surface area contributed by atoms with E-state index in [1.165, 1.54) is 4.63 Å². The molecule has 1 fully saturated rings. The van der Waals surface area contributed by atoms with Gasteiger partial charge in [0.2, 0.25) is 5.91 Å². The number of anilines is 1. The van der Waals surface area contributed by atoms with E-state index in [9.17, 15) is 9.90 Å². The minimum absolute atomic E-state index is 0.0184. The van der Waals surface area contributed by atoms with Gasteiger partial charge in [-0.15, -0.1) is 14.8 Å². The molecule has 0 unspecified atom stereocenters. The normalized spacial score (nSPS) is 18.3. The number of fused-ring (bicyclic) bond motifs is 1. The number of hydrogen-bond acceptors (Lipinski definition) is 7. The number of hydrogen-bond donors (Lipinski definition) is 2. The zero-order chi connectivity index (χ0) is 17.8. The van der Waals surface area contributed by atoms with Gasteiger partial charge in [0.25, 0.3) is 0 Å². The Morgan fingerprint density at radius 3 is 2.84 bits per heavy atom. The number of piperidine rings is 1. The van der Waals surface area contributed by atoms with Gasteiger partial charge < -0.3 is 15.3 Å². The number of carbonyl (C=O) groups excluding carboxylic acids is 1. The van der Waals surface area contributed by atoms with Crippen LogP contribution in [0.5, 0.6) is 0 Å². The van der Waals surface area contributed by atoms with Gasteiger partial charge in [-0.05, 0) is 41.3 Å². The first kappa shape index (κ1) is 17.5. The van der Waals surface area contributed by atoms with Gasteiger partial charge in [0, 0.05) is 19.0 Å². The highest BCUT2D eigenvalue weighted by atomic mass is 16.3. The average Bonchev–Trinajstić information content (AvgIpc) is 3.13. The number of amides is 1. The first-order valence-corrected chi connectivity index (χ1v) is 8.84. The van der Waals surface area contributed by atoms with Gasteiger partial charge in [0.1, 0.15) is 0 Å². The largest absolute Gasteiger partial charge is 0.394 e. The molecule has 3 rings (SSSR count). The summed E-state index contributed by atoms with van der Waals surface area (Å²) in [5.74, 6) is 1.10. The Bertz CT molecular complexity index is 711. The summed E-state index contributed by atoms with van der Waals surface area (Å²) in [6.45, 7) is 5.60. The van der Waals surface area contributed by atoms with Crippen LogP contribution in [-0.4, -0.2) is 62.0 Å². The first-order chi connectivity index (χ1) is 12.1. The number of aliphatic hydroxyl groups is 1. The third-order valence-corrected chi connectivity index (χ3v) is 5.10. The second kappa shape index (κ2) is 7.73. The van der Waals surface area contributed by atoms with Gasteiger partial charge in [-0.2, -0.15) is 0 Å². The molecule has 3 heterocycles. The molecule has 0 spiro atoms. The fraction of sp³-hybridized carbons (Fsp3) is 0.688. The molecule has 2 N–H and O–H groups in total. The maximum atomic E-state index is 12.5. The highest BCUT2D eigenvalue weighted by Gasteiger charge is 2.28. The third kappa shape index (κ3) is 3.87. The molecule has 0 bridgehead atoms. The van der Waals surface area contributed by atoms with E-state index in [-0.39, 0.29) is 30.4 Å². The average molecular weight is 347 g/mol. The molecule has 2 aromatic rings. The van der Waals surface area contributed by atoms with E-state index >= 15 is 0 Å². The maximum Gasteiger partial charge on any atom is 0.223 e. The summed E-state index contributed by atoms with van der Waals surface area (Å²) in [6, 6.07) is 3.56. The summed E-state index contributed by atoms with van der Waals surface area (Å²) in [5.41, 5.74) is 0.609. The molecule has 136 valence electrons. The van der Waals surface area contributed by atoms with Crippen LogP contribution in [-0.2, 0) is 4.79 Å². The van der Waals surface area contributed by atoms with Crippen molar-refractivity contribution in [2.45, 2.75) is 39.2 Å². The van der Waals surface area contributed by atoms with Crippen molar-refractivity contribution in [3.8, 4) is 0 Å². The zero-order valence-corrected chi connectivity index (χ0v) is 14.7. The van der Waals surface area contributed by atoms with Crippen molar-refractivity contribution in [3.63, 3.8) is 0 Å². The van der Waals surface area contributed by atoms with E-state index in [1.54, 1.807) is 0 Å². The summed E-state index contributed by atoms with van der Waals surface area (Å²) in [6.07, 6.45) is 2.45. The van der Waals surface area contributed by atoms with Crippen LogP contribution in [0.25, 0.3) is 5.65 Å². The standard InChI is InChI=1S/C16H25N7O2/c1-3-11(2)13(10-24)17-16(25)12-6-8-22(9-7-12)15-5-4-14-18-20-21-23(14)19-15/h4-5,11-13,24H,3,6-10H2,1-2H3,(H,17,25)/t11-,13+/m0/s1. The summed E-state index contributed by atoms with van der Waals surface area (Å²) in [7, 11) is 0. The minimum atomic E-state index is -0.167. The first-order valence-electron chi connectivity index (χ1n) is 8.84. The van der Waals surface area contributed by atoms with Crippen molar-refractivity contribution in [3.05, 3.63) is 12.1 Å². The van der Waals surface area contributed by atoms with Crippen LogP contribution in [0, 0.1) is 11.8 Å². The summed E-state index contributed by atoms with van der Waals surface area (Å²) < 4.78 is 1.41. The van der Waals surface area contributed by atoms with Crippen LogP contribution >= 0.6 is 0 Å². The fourth-order valence-corrected chi connectivity index (χ4v) is 3.13. The summed E-state index contributed by atoms with van der Waals surface area (Å²) in [4.78, 5) is 14.6. The number of aliphatic hydroxyl groups excluding tert-OH is 1. The molecule has 9 nitrogen and oxygen atoms in total. The van der Waals surface area contributed by atoms with E-state index in [0.29, 0.717) is 5.65 Å². The second-order valence-electron chi connectivity index (χ2n) is 6.66. The Morgan fingerprint density at radius 1 is 1.40 bits per heavy atom. The van der Waals surface area contributed by atoms with Gasteiger partial charge in [0.05, 0.1) is 12.6 Å². The van der Waals surface area contributed by atoms with Crippen LogP contribution in [0.15, 0.2) is 12.1 Å². The summed E-state index contributed by atoms with van der Waals surface area (Å²) >= 11 is 0. The Labute approximate surface area is 146 Å². The fourth-order valence-electron chi connectivity index (χ4n) is 3.13. The van der Waals surface area contributed by atoms with Gasteiger partial charge in [-0.3, -0.25) is 4.79 Å². The van der Waals surface area contributed by atoms with Crippen LogP contribution in [0.2, 0.25) is 0 Å². The smallest absolute Gasteiger partial charge is 0.223 e. The summed E-state index contributed by atoms with van der Waals surface area (Å²) in [5, 5.41) is 28.1. The SMILES string of the molecule is CC[C@H](C)[C@@H](CO)NC(=O)C1CCN(c2ccc3nnnn3n2)CC1. The van der Waals surface area contributed by atoms with Crippen LogP contribution in [0.3, 0.4) is 0 Å². The lowest BCUT2D eigenvalue weighted by Crippen LogP contribution is -2.47. The number of tetrazole rings is 1. The third-order valence-electron chi connectivity index (χ3n) is 5.10. The predicted molar refractivity (Wildman–Crippen MR) is 92.0 cm³/mol. The lowest BCUT2D eigenvalue weighted by Gasteiger charge is -2.33. The Hall–Kier alpha value is -2.29. The lowest BCUT2D eigenvalue weighted by atomic mass is 9.94. The number of carbonyl (C=O) groups is 1. The molecular weight excluding hydrogens is 322 g/mol. The predicted octanol–water partition coefficient (Wildman–Crippen LogP) is 0.259. The molecule has 1 saturated heterocycles. The molecule has 2 atom stereocenters. The van der Waals surface area contributed by atoms with E-state index in [0.717, 1.165) is 38.2 Å². The second-order valence-corrected chi connectivity index (χ2v) is 6.66. The number of rotatable bonds is 6. The van der Waals surface area contributed by atoms with Crippen molar-refractivity contribution in [1.29, 1.82) is 0 Å². The molecule has 2 aromatic heterocycles. The molecule has 0 aromatic carbocycles. The molecule has 1 amide bonds. The molecule has 0 saturated carbocycles. The van der Waals surface area contributed by atoms with E-state index in [2.05, 4.69) is 37.8 Å². The topological polar surface area (TPSA) is 109 Å². The highest BCUT2D eigenvalue weighted by Crippen LogP contribution is 2.22. The van der Waals surface area contributed by atoms with Crippen LogP contribution < -0.4 is 10.2 Å². The quantitative estimate of drug-likeness (QED) is 0.771. The maximum absolute atomic E-state index is 12.5. The monoisotopic (exact) mass is 347 g/mol.